The van der Waals surface area contributed by atoms with E-state index in [2.05, 4.69) is 113 Å². The van der Waals surface area contributed by atoms with Crippen molar-refractivity contribution in [1.82, 2.24) is 9.13 Å². The zero-order chi connectivity index (χ0) is 50.2. The van der Waals surface area contributed by atoms with Gasteiger partial charge in [-0.25, -0.2) is 0 Å². The fourth-order valence-electron chi connectivity index (χ4n) is 9.05. The number of hydrogen-bond acceptors (Lipinski definition) is 8. The van der Waals surface area contributed by atoms with Crippen LogP contribution in [0.25, 0.3) is 55.0 Å². The Morgan fingerprint density at radius 2 is 0.771 bits per heavy atom. The first-order valence-corrected chi connectivity index (χ1v) is 24.6. The number of aromatic nitrogens is 2. The van der Waals surface area contributed by atoms with E-state index in [0.29, 0.717) is 11.1 Å². The Kier molecular flexibility index (Phi) is 12.6. The normalized spacial score (nSPS) is 19.2. The molecule has 0 bridgehead atoms. The smallest absolute Gasteiger partial charge is 0.405 e. The molecule has 14 heteroatoms. The molecule has 3 aliphatic heterocycles. The second-order valence-electron chi connectivity index (χ2n) is 21.3. The quantitative estimate of drug-likeness (QED) is 0.160. The summed E-state index contributed by atoms with van der Waals surface area (Å²) < 4.78 is 41.9. The van der Waals surface area contributed by atoms with E-state index in [1.54, 1.807) is 0 Å². The van der Waals surface area contributed by atoms with Crippen LogP contribution in [0.3, 0.4) is 0 Å². The molecule has 0 unspecified atom stereocenters. The highest BCUT2D eigenvalue weighted by Gasteiger charge is 2.63. The molecule has 0 N–H and O–H groups in total. The molecule has 0 aliphatic carbocycles. The fourth-order valence-corrected chi connectivity index (χ4v) is 9.43. The van der Waals surface area contributed by atoms with Crippen LogP contribution in [0.4, 0.5) is 0 Å². The molecule has 6 aromatic carbocycles. The maximum atomic E-state index is 9.35. The first-order valence-electron chi connectivity index (χ1n) is 23.8. The van der Waals surface area contributed by atoms with E-state index >= 15 is 0 Å². The Morgan fingerprint density at radius 3 is 1.19 bits per heavy atom. The van der Waals surface area contributed by atoms with Gasteiger partial charge in [0.15, 0.2) is 0 Å². The van der Waals surface area contributed by atoms with Crippen molar-refractivity contribution in [1.29, 1.82) is 10.5 Å². The van der Waals surface area contributed by atoms with Crippen LogP contribution in [-0.4, -0.2) is 63.9 Å². The van der Waals surface area contributed by atoms with Gasteiger partial charge in [-0.1, -0.05) is 70.5 Å². The number of para-hydroxylation sites is 2. The van der Waals surface area contributed by atoms with Crippen molar-refractivity contribution in [3.63, 3.8) is 0 Å². The predicted molar refractivity (Wildman–Crippen MR) is 287 cm³/mol. The molecule has 8 aromatic rings. The van der Waals surface area contributed by atoms with E-state index in [9.17, 15) is 5.26 Å². The molecule has 0 atom stereocenters. The lowest BCUT2D eigenvalue weighted by molar-refractivity contribution is 0.00578. The van der Waals surface area contributed by atoms with Crippen molar-refractivity contribution in [2.75, 3.05) is 0 Å². The van der Waals surface area contributed by atoms with Gasteiger partial charge in [-0.3, -0.25) is 0 Å². The monoisotopic (exact) mass is 994 g/mol. The summed E-state index contributed by atoms with van der Waals surface area (Å²) in [7, 11) is -1.36. The van der Waals surface area contributed by atoms with Crippen LogP contribution >= 0.6 is 15.9 Å². The third-order valence-corrected chi connectivity index (χ3v) is 15.6. The average Bonchev–Trinajstić information content (AvgIpc) is 4.02. The van der Waals surface area contributed by atoms with Crippen LogP contribution < -0.4 is 5.46 Å². The van der Waals surface area contributed by atoms with Crippen LogP contribution in [0, 0.1) is 22.7 Å². The fraction of sp³-hybridized carbons (Fsp3) is 0.321. The highest BCUT2D eigenvalue weighted by atomic mass is 79.9. The Hall–Kier alpha value is -5.67. The summed E-state index contributed by atoms with van der Waals surface area (Å²) in [4.78, 5) is 0. The molecule has 70 heavy (non-hydrogen) atoms. The molecule has 0 saturated carbocycles. The van der Waals surface area contributed by atoms with Crippen LogP contribution in [-0.2, 0) is 27.9 Å². The largest absolute Gasteiger partial charge is 0.494 e. The molecule has 3 fully saturated rings. The van der Waals surface area contributed by atoms with Gasteiger partial charge in [0.25, 0.3) is 0 Å². The molecule has 3 saturated heterocycles. The van der Waals surface area contributed by atoms with Crippen molar-refractivity contribution in [2.24, 2.45) is 0 Å². The van der Waals surface area contributed by atoms with Crippen molar-refractivity contribution >= 4 is 86.1 Å². The minimum absolute atomic E-state index is 0.360. The molecule has 11 rings (SSSR count). The zero-order valence-corrected chi connectivity index (χ0v) is 43.6. The zero-order valence-electron chi connectivity index (χ0n) is 42.1. The molecular weight excluding hydrogens is 937 g/mol. The van der Waals surface area contributed by atoms with Gasteiger partial charge in [0.05, 0.1) is 78.9 Å². The van der Waals surface area contributed by atoms with E-state index in [0.717, 1.165) is 64.9 Å². The summed E-state index contributed by atoms with van der Waals surface area (Å²) >= 11 is 3.54. The number of fused-ring (bicyclic) bond motifs is 6. The Labute approximate surface area is 420 Å². The van der Waals surface area contributed by atoms with Gasteiger partial charge in [0.1, 0.15) is 0 Å². The topological polar surface area (TPSA) is 113 Å². The summed E-state index contributed by atoms with van der Waals surface area (Å²) in [5, 5.41) is 23.0. The molecule has 0 amide bonds. The van der Waals surface area contributed by atoms with Gasteiger partial charge in [-0.05, 0) is 167 Å². The Morgan fingerprint density at radius 1 is 0.400 bits per heavy atom. The lowest BCUT2D eigenvalue weighted by Gasteiger charge is -2.32. The predicted octanol–water partition coefficient (Wildman–Crippen LogP) is 12.6. The highest BCUT2D eigenvalue weighted by molar-refractivity contribution is 9.10. The molecule has 3 aliphatic rings. The van der Waals surface area contributed by atoms with Gasteiger partial charge in [0, 0.05) is 37.4 Å². The first kappa shape index (κ1) is 49.3. The van der Waals surface area contributed by atoms with E-state index in [1.165, 1.54) is 0 Å². The number of halogens is 1. The second kappa shape index (κ2) is 17.9. The lowest BCUT2D eigenvalue weighted by atomic mass is 9.49. The minimum Gasteiger partial charge on any atom is -0.405 e. The van der Waals surface area contributed by atoms with E-state index in [4.69, 9.17) is 33.2 Å². The number of nitrogens with zero attached hydrogens (tertiary/aromatic N) is 4. The standard InChI is InChI=1S/C25H23BN2O2.C19H11BrN2.C12H24B2O4/c1-24(2)25(3,4)30-26(29-24)18-8-7-9-19(15-18)28-22-11-6-5-10-20(22)21-14-17(16-27)12-13-23(21)28;20-14-4-3-5-15(11-14)22-18-7-2-1-6-16(18)17-10-13(12-21)8-9-19(17)22;1-9(2)10(3,4)16-13(15-9)14-17-11(5,6)12(7,8)18-14/h5-15H,1-4H3;1-11H;1-8H3. The summed E-state index contributed by atoms with van der Waals surface area (Å²) in [5.74, 6) is 0. The summed E-state index contributed by atoms with van der Waals surface area (Å²) in [5.41, 5.74) is 6.71. The molecule has 2 aromatic heterocycles. The van der Waals surface area contributed by atoms with E-state index in [-0.39, 0.29) is 33.6 Å². The third-order valence-electron chi connectivity index (χ3n) is 15.1. The van der Waals surface area contributed by atoms with E-state index in [1.807, 2.05) is 140 Å². The van der Waals surface area contributed by atoms with Crippen LogP contribution in [0.5, 0.6) is 0 Å². The third kappa shape index (κ3) is 8.79. The van der Waals surface area contributed by atoms with Crippen LogP contribution in [0.15, 0.2) is 138 Å². The molecule has 10 nitrogen and oxygen atoms in total. The summed E-state index contributed by atoms with van der Waals surface area (Å²) in [6.07, 6.45) is 0. The number of nitriles is 2. The summed E-state index contributed by atoms with van der Waals surface area (Å²) in [6.45, 7) is 24.5. The average molecular weight is 995 g/mol. The minimum atomic E-state index is -0.476. The lowest BCUT2D eigenvalue weighted by Crippen LogP contribution is -2.41. The molecular formula is C56H58B3BrN4O6. The van der Waals surface area contributed by atoms with E-state index < -0.39 is 21.1 Å². The van der Waals surface area contributed by atoms with Gasteiger partial charge >= 0.3 is 21.1 Å². The van der Waals surface area contributed by atoms with Gasteiger partial charge in [0.2, 0.25) is 0 Å². The Bertz CT molecular complexity index is 3320. The maximum absolute atomic E-state index is 9.35. The van der Waals surface area contributed by atoms with Gasteiger partial charge in [-0.15, -0.1) is 0 Å². The Balaban J connectivity index is 0.000000135. The summed E-state index contributed by atoms with van der Waals surface area (Å²) in [6, 6.07) is 49.3. The molecule has 0 radical (unpaired) electrons. The first-order chi connectivity index (χ1) is 33.0. The van der Waals surface area contributed by atoms with Gasteiger partial charge in [-0.2, -0.15) is 10.5 Å². The number of benzene rings is 6. The number of rotatable bonds is 4. The maximum Gasteiger partial charge on any atom is 0.494 e. The molecule has 0 spiro atoms. The van der Waals surface area contributed by atoms with Crippen molar-refractivity contribution in [2.45, 2.75) is 117 Å². The van der Waals surface area contributed by atoms with Crippen molar-refractivity contribution < 1.29 is 27.9 Å². The SMILES string of the molecule is CC1(C)OB(B2OC(C)(C)C(C)(C)O2)OC1(C)C.CC1(C)OB(c2cccc(-n3c4ccccc4c4cc(C#N)ccc43)c2)OC1(C)C.N#Cc1ccc2c(c1)c1ccccc1n2-c1cccc(Br)c1. The van der Waals surface area contributed by atoms with Crippen LogP contribution in [0.2, 0.25) is 0 Å². The van der Waals surface area contributed by atoms with Crippen molar-refractivity contribution in [3.05, 3.63) is 149 Å². The molecule has 354 valence electrons. The van der Waals surface area contributed by atoms with Crippen LogP contribution in [0.1, 0.15) is 94.2 Å². The molecule has 5 heterocycles. The van der Waals surface area contributed by atoms with Gasteiger partial charge < -0.3 is 37.1 Å². The number of hydrogen-bond donors (Lipinski definition) is 0. The highest BCUT2D eigenvalue weighted by Crippen LogP contribution is 2.43. The second-order valence-corrected chi connectivity index (χ2v) is 22.2. The van der Waals surface area contributed by atoms with Crippen molar-refractivity contribution in [3.8, 4) is 23.5 Å².